The van der Waals surface area contributed by atoms with Gasteiger partial charge < -0.3 is 10.4 Å². The molecule has 1 fully saturated rings. The highest BCUT2D eigenvalue weighted by Crippen LogP contribution is 2.48. The van der Waals surface area contributed by atoms with Gasteiger partial charge in [-0.15, -0.1) is 11.3 Å². The van der Waals surface area contributed by atoms with E-state index in [1.807, 2.05) is 17.5 Å². The van der Waals surface area contributed by atoms with Gasteiger partial charge in [-0.2, -0.15) is 0 Å². The van der Waals surface area contributed by atoms with Crippen LogP contribution in [0.5, 0.6) is 0 Å². The molecule has 0 aliphatic heterocycles. The van der Waals surface area contributed by atoms with Gasteiger partial charge in [0.05, 0.1) is 6.54 Å². The van der Waals surface area contributed by atoms with E-state index < -0.39 is 5.60 Å². The molecule has 116 valence electrons. The SMILES string of the molecule is CC(O)(CNC(=O)C1CC1c1ccccc1F)c1cccs1. The number of halogens is 1. The minimum atomic E-state index is -1.08. The zero-order valence-corrected chi connectivity index (χ0v) is 13.1. The highest BCUT2D eigenvalue weighted by Gasteiger charge is 2.45. The van der Waals surface area contributed by atoms with Gasteiger partial charge in [0.1, 0.15) is 11.4 Å². The van der Waals surface area contributed by atoms with E-state index in [9.17, 15) is 14.3 Å². The van der Waals surface area contributed by atoms with Crippen molar-refractivity contribution in [3.05, 3.63) is 58.0 Å². The van der Waals surface area contributed by atoms with Crippen molar-refractivity contribution >= 4 is 17.2 Å². The summed E-state index contributed by atoms with van der Waals surface area (Å²) in [4.78, 5) is 13.0. The second-order valence-corrected chi connectivity index (χ2v) is 6.89. The van der Waals surface area contributed by atoms with E-state index in [1.165, 1.54) is 17.4 Å². The number of amides is 1. The predicted molar refractivity (Wildman–Crippen MR) is 84.1 cm³/mol. The topological polar surface area (TPSA) is 49.3 Å². The molecule has 1 heterocycles. The largest absolute Gasteiger partial charge is 0.383 e. The van der Waals surface area contributed by atoms with Crippen LogP contribution in [0, 0.1) is 11.7 Å². The van der Waals surface area contributed by atoms with Gasteiger partial charge in [0.2, 0.25) is 5.91 Å². The van der Waals surface area contributed by atoms with Crippen molar-refractivity contribution in [2.45, 2.75) is 24.9 Å². The highest BCUT2D eigenvalue weighted by atomic mass is 32.1. The molecular formula is C17H18FNO2S. The van der Waals surface area contributed by atoms with Crippen LogP contribution in [0.25, 0.3) is 0 Å². The van der Waals surface area contributed by atoms with Crippen LogP contribution in [-0.2, 0) is 10.4 Å². The van der Waals surface area contributed by atoms with Crippen LogP contribution in [0.1, 0.15) is 29.7 Å². The van der Waals surface area contributed by atoms with Gasteiger partial charge in [-0.3, -0.25) is 4.79 Å². The van der Waals surface area contributed by atoms with Crippen LogP contribution in [-0.4, -0.2) is 17.6 Å². The smallest absolute Gasteiger partial charge is 0.223 e. The molecule has 1 saturated carbocycles. The van der Waals surface area contributed by atoms with Crippen LogP contribution >= 0.6 is 11.3 Å². The molecule has 3 atom stereocenters. The fourth-order valence-electron chi connectivity index (χ4n) is 2.67. The van der Waals surface area contributed by atoms with Crippen molar-refractivity contribution < 1.29 is 14.3 Å². The van der Waals surface area contributed by atoms with Crippen LogP contribution in [0.3, 0.4) is 0 Å². The Morgan fingerprint density at radius 2 is 2.18 bits per heavy atom. The van der Waals surface area contributed by atoms with Gasteiger partial charge in [-0.1, -0.05) is 24.3 Å². The number of benzene rings is 1. The zero-order chi connectivity index (χ0) is 15.7. The lowest BCUT2D eigenvalue weighted by Gasteiger charge is -2.22. The summed E-state index contributed by atoms with van der Waals surface area (Å²) in [6.45, 7) is 1.84. The number of rotatable bonds is 5. The molecule has 1 aliphatic carbocycles. The van der Waals surface area contributed by atoms with Crippen molar-refractivity contribution in [2.75, 3.05) is 6.54 Å². The molecule has 2 aromatic rings. The first-order chi connectivity index (χ1) is 10.5. The quantitative estimate of drug-likeness (QED) is 0.890. The van der Waals surface area contributed by atoms with Crippen LogP contribution in [0.4, 0.5) is 4.39 Å². The lowest BCUT2D eigenvalue weighted by atomic mass is 10.0. The molecule has 3 rings (SSSR count). The second-order valence-electron chi connectivity index (χ2n) is 5.94. The number of aliphatic hydroxyl groups is 1. The number of hydrogen-bond donors (Lipinski definition) is 2. The first kappa shape index (κ1) is 15.2. The van der Waals surface area contributed by atoms with Crippen LogP contribution in [0.15, 0.2) is 41.8 Å². The maximum Gasteiger partial charge on any atom is 0.223 e. The van der Waals surface area contributed by atoms with E-state index in [2.05, 4.69) is 5.32 Å². The Morgan fingerprint density at radius 3 is 2.86 bits per heavy atom. The third kappa shape index (κ3) is 3.05. The number of thiophene rings is 1. The molecule has 0 radical (unpaired) electrons. The van der Waals surface area contributed by atoms with Crippen molar-refractivity contribution in [2.24, 2.45) is 5.92 Å². The molecule has 2 N–H and O–H groups in total. The molecular weight excluding hydrogens is 301 g/mol. The van der Waals surface area contributed by atoms with E-state index in [0.29, 0.717) is 12.0 Å². The van der Waals surface area contributed by atoms with Crippen molar-refractivity contribution in [3.63, 3.8) is 0 Å². The predicted octanol–water partition coefficient (Wildman–Crippen LogP) is 3.01. The second kappa shape index (κ2) is 5.82. The first-order valence-electron chi connectivity index (χ1n) is 7.27. The van der Waals surface area contributed by atoms with Crippen LogP contribution < -0.4 is 5.32 Å². The van der Waals surface area contributed by atoms with Crippen molar-refractivity contribution in [1.29, 1.82) is 0 Å². The fourth-order valence-corrected chi connectivity index (χ4v) is 3.45. The molecule has 0 saturated heterocycles. The van der Waals surface area contributed by atoms with Gasteiger partial charge in [0, 0.05) is 10.8 Å². The van der Waals surface area contributed by atoms with Crippen molar-refractivity contribution in [3.8, 4) is 0 Å². The van der Waals surface area contributed by atoms with E-state index in [0.717, 1.165) is 4.88 Å². The summed E-state index contributed by atoms with van der Waals surface area (Å²) in [5.74, 6) is -0.623. The molecule has 1 aromatic heterocycles. The van der Waals surface area contributed by atoms with E-state index in [1.54, 1.807) is 25.1 Å². The minimum absolute atomic E-state index is 0.0483. The monoisotopic (exact) mass is 319 g/mol. The molecule has 0 spiro atoms. The Hall–Kier alpha value is -1.72. The lowest BCUT2D eigenvalue weighted by Crippen LogP contribution is -2.38. The normalized spacial score (nSPS) is 22.9. The molecule has 5 heteroatoms. The average Bonchev–Trinajstić information content (AvgIpc) is 3.07. The van der Waals surface area contributed by atoms with Gasteiger partial charge in [0.25, 0.3) is 0 Å². The van der Waals surface area contributed by atoms with Gasteiger partial charge in [-0.05, 0) is 42.3 Å². The Kier molecular flexibility index (Phi) is 4.02. The Balaban J connectivity index is 1.57. The highest BCUT2D eigenvalue weighted by molar-refractivity contribution is 7.10. The standard InChI is InChI=1S/C17H18FNO2S/c1-17(21,15-7-4-8-22-15)10-19-16(20)13-9-12(13)11-5-2-3-6-14(11)18/h2-8,12-13,21H,9-10H2,1H3,(H,19,20). The van der Waals surface area contributed by atoms with Gasteiger partial charge >= 0.3 is 0 Å². The number of carbonyl (C=O) groups is 1. The molecule has 3 unspecified atom stereocenters. The van der Waals surface area contributed by atoms with E-state index in [4.69, 9.17) is 0 Å². The summed E-state index contributed by atoms with van der Waals surface area (Å²) in [5, 5.41) is 15.1. The third-order valence-electron chi connectivity index (χ3n) is 4.09. The molecule has 1 aliphatic rings. The summed E-state index contributed by atoms with van der Waals surface area (Å²) in [5.41, 5.74) is -0.473. The molecule has 3 nitrogen and oxygen atoms in total. The van der Waals surface area contributed by atoms with E-state index in [-0.39, 0.29) is 30.1 Å². The molecule has 22 heavy (non-hydrogen) atoms. The minimum Gasteiger partial charge on any atom is -0.383 e. The Labute approximate surface area is 132 Å². The Morgan fingerprint density at radius 1 is 1.41 bits per heavy atom. The molecule has 1 aromatic carbocycles. The first-order valence-corrected chi connectivity index (χ1v) is 8.15. The maximum atomic E-state index is 13.7. The summed E-state index contributed by atoms with van der Waals surface area (Å²) in [6.07, 6.45) is 0.661. The number of nitrogens with one attached hydrogen (secondary N) is 1. The van der Waals surface area contributed by atoms with Gasteiger partial charge in [-0.25, -0.2) is 4.39 Å². The zero-order valence-electron chi connectivity index (χ0n) is 12.3. The molecule has 1 amide bonds. The van der Waals surface area contributed by atoms with Crippen molar-refractivity contribution in [1.82, 2.24) is 5.32 Å². The molecule has 0 bridgehead atoms. The summed E-state index contributed by atoms with van der Waals surface area (Å²) in [6, 6.07) is 10.3. The summed E-state index contributed by atoms with van der Waals surface area (Å²) < 4.78 is 13.7. The van der Waals surface area contributed by atoms with E-state index >= 15 is 0 Å². The Bertz CT molecular complexity index is 669. The van der Waals surface area contributed by atoms with Gasteiger partial charge in [0.15, 0.2) is 0 Å². The maximum absolute atomic E-state index is 13.7. The lowest BCUT2D eigenvalue weighted by molar-refractivity contribution is -0.123. The fraction of sp³-hybridized carbons (Fsp3) is 0.353. The summed E-state index contributed by atoms with van der Waals surface area (Å²) in [7, 11) is 0. The third-order valence-corrected chi connectivity index (χ3v) is 5.21. The number of hydrogen-bond acceptors (Lipinski definition) is 3. The summed E-state index contributed by atoms with van der Waals surface area (Å²) >= 11 is 1.45. The average molecular weight is 319 g/mol. The van der Waals surface area contributed by atoms with Crippen LogP contribution in [0.2, 0.25) is 0 Å². The number of carbonyl (C=O) groups excluding carboxylic acids is 1.